The SMILES string of the molecule is CCCCCCCCCCCCC/C=C/CC/C=C/CC/C=C/CCCC(O)C(O)C(COC1OC(CO)C(O)C(O)C1O)NC(=O)C(O)CCCCCCCCCCCCCCCCCCCCC. The number of allylic oxidation sites excluding steroid dienone is 6. The Bertz CT molecular complexity index is 1230. The lowest BCUT2D eigenvalue weighted by Crippen LogP contribution is -2.60. The van der Waals surface area contributed by atoms with Gasteiger partial charge < -0.3 is 50.5 Å². The molecule has 0 aliphatic carbocycles. The third-order valence-electron chi connectivity index (χ3n) is 14.2. The molecule has 8 N–H and O–H groups in total. The molecule has 0 saturated carbocycles. The van der Waals surface area contributed by atoms with Gasteiger partial charge in [-0.25, -0.2) is 0 Å². The van der Waals surface area contributed by atoms with E-state index in [1.165, 1.54) is 173 Å². The Morgan fingerprint density at radius 1 is 0.486 bits per heavy atom. The second-order valence-corrected chi connectivity index (χ2v) is 20.7. The summed E-state index contributed by atoms with van der Waals surface area (Å²) < 4.78 is 11.1. The first-order valence-electron chi connectivity index (χ1n) is 29.4. The van der Waals surface area contributed by atoms with E-state index in [2.05, 4.69) is 55.6 Å². The number of carbonyl (C=O) groups excluding carboxylic acids is 1. The molecule has 0 bridgehead atoms. The molecular weight excluding hydrogens is 883 g/mol. The Hall–Kier alpha value is -1.67. The van der Waals surface area contributed by atoms with Gasteiger partial charge in [-0.1, -0.05) is 237 Å². The van der Waals surface area contributed by atoms with E-state index in [1.807, 2.05) is 0 Å². The summed E-state index contributed by atoms with van der Waals surface area (Å²) in [5, 5.41) is 76.1. The van der Waals surface area contributed by atoms with Crippen LogP contribution in [0.5, 0.6) is 0 Å². The van der Waals surface area contributed by atoms with Gasteiger partial charge in [0.2, 0.25) is 5.91 Å². The van der Waals surface area contributed by atoms with E-state index < -0.39 is 74.2 Å². The Morgan fingerprint density at radius 2 is 0.857 bits per heavy atom. The minimum atomic E-state index is -1.67. The zero-order chi connectivity index (χ0) is 51.1. The van der Waals surface area contributed by atoms with Crippen LogP contribution in [0.25, 0.3) is 0 Å². The molecule has 1 aliphatic heterocycles. The highest BCUT2D eigenvalue weighted by molar-refractivity contribution is 5.80. The highest BCUT2D eigenvalue weighted by atomic mass is 16.7. The first-order chi connectivity index (χ1) is 34.2. The van der Waals surface area contributed by atoms with Gasteiger partial charge in [-0.15, -0.1) is 0 Å². The Balaban J connectivity index is 2.35. The molecule has 0 aromatic carbocycles. The largest absolute Gasteiger partial charge is 0.394 e. The van der Waals surface area contributed by atoms with E-state index in [0.29, 0.717) is 19.3 Å². The van der Waals surface area contributed by atoms with Crippen LogP contribution in [0.4, 0.5) is 0 Å². The van der Waals surface area contributed by atoms with Gasteiger partial charge in [0.25, 0.3) is 0 Å². The molecule has 1 rings (SSSR count). The smallest absolute Gasteiger partial charge is 0.249 e. The minimum absolute atomic E-state index is 0.243. The molecule has 0 radical (unpaired) electrons. The number of aliphatic hydroxyl groups excluding tert-OH is 7. The van der Waals surface area contributed by atoms with Gasteiger partial charge in [0.05, 0.1) is 25.4 Å². The summed E-state index contributed by atoms with van der Waals surface area (Å²) in [6.07, 6.45) is 47.7. The van der Waals surface area contributed by atoms with Crippen molar-refractivity contribution in [2.75, 3.05) is 13.2 Å². The van der Waals surface area contributed by atoms with Crippen LogP contribution >= 0.6 is 0 Å². The molecule has 0 spiro atoms. The topological polar surface area (TPSA) is 189 Å². The normalized spacial score (nSPS) is 20.5. The van der Waals surface area contributed by atoms with Gasteiger partial charge in [0.15, 0.2) is 6.29 Å². The number of hydrogen-bond donors (Lipinski definition) is 8. The first-order valence-corrected chi connectivity index (χ1v) is 29.4. The maximum atomic E-state index is 13.2. The maximum absolute atomic E-state index is 13.2. The van der Waals surface area contributed by atoms with E-state index in [1.54, 1.807) is 0 Å². The predicted octanol–water partition coefficient (Wildman–Crippen LogP) is 12.3. The fourth-order valence-corrected chi connectivity index (χ4v) is 9.36. The monoisotopic (exact) mass is 994 g/mol. The number of nitrogens with one attached hydrogen (secondary N) is 1. The standard InChI is InChI=1S/C59H111NO10/c1-3-5-7-9-11-13-15-17-19-21-23-24-25-26-27-29-30-32-34-36-38-40-42-44-46-51(62)54(64)50(49-69-59-57(67)56(66)55(65)53(48-61)70-59)60-58(68)52(63)47-45-43-41-39-37-35-33-31-28-22-20-18-16-14-12-10-8-6-4-2/h25-26,30,32,38,40,50-57,59,61-67H,3-24,27-29,31,33-37,39,41-49H2,1-2H3,(H,60,68)/b26-25+,32-30+,40-38+. The third-order valence-corrected chi connectivity index (χ3v) is 14.2. The van der Waals surface area contributed by atoms with Crippen LogP contribution in [-0.4, -0.2) is 110 Å². The zero-order valence-electron chi connectivity index (χ0n) is 45.0. The molecule has 9 unspecified atom stereocenters. The molecule has 1 heterocycles. The van der Waals surface area contributed by atoms with Crippen molar-refractivity contribution in [1.82, 2.24) is 5.32 Å². The second-order valence-electron chi connectivity index (χ2n) is 20.7. The van der Waals surface area contributed by atoms with Crippen LogP contribution in [0.3, 0.4) is 0 Å². The Morgan fingerprint density at radius 3 is 1.27 bits per heavy atom. The summed E-state index contributed by atoms with van der Waals surface area (Å²) in [4.78, 5) is 13.2. The van der Waals surface area contributed by atoms with Crippen molar-refractivity contribution in [3.05, 3.63) is 36.5 Å². The molecule has 0 aromatic heterocycles. The fraction of sp³-hybridized carbons (Fsp3) is 0.881. The summed E-state index contributed by atoms with van der Waals surface area (Å²) in [6, 6.07) is -1.19. The maximum Gasteiger partial charge on any atom is 0.249 e. The lowest BCUT2D eigenvalue weighted by atomic mass is 9.98. The number of hydrogen-bond acceptors (Lipinski definition) is 10. The van der Waals surface area contributed by atoms with Crippen LogP contribution in [0.2, 0.25) is 0 Å². The molecule has 9 atom stereocenters. The van der Waals surface area contributed by atoms with Crippen molar-refractivity contribution < 1.29 is 50.0 Å². The summed E-state index contributed by atoms with van der Waals surface area (Å²) in [5.41, 5.74) is 0. The first kappa shape index (κ1) is 66.3. The minimum Gasteiger partial charge on any atom is -0.394 e. The van der Waals surface area contributed by atoms with E-state index >= 15 is 0 Å². The Kier molecular flexibility index (Phi) is 45.8. The molecule has 1 fully saturated rings. The molecular formula is C59H111NO10. The van der Waals surface area contributed by atoms with Crippen LogP contribution in [0.1, 0.15) is 264 Å². The van der Waals surface area contributed by atoms with Gasteiger partial charge in [-0.05, 0) is 64.2 Å². The van der Waals surface area contributed by atoms with E-state index in [0.717, 1.165) is 44.9 Å². The van der Waals surface area contributed by atoms with Gasteiger partial charge in [0.1, 0.15) is 36.6 Å². The van der Waals surface area contributed by atoms with Crippen molar-refractivity contribution in [3.8, 4) is 0 Å². The molecule has 1 amide bonds. The van der Waals surface area contributed by atoms with Crippen molar-refractivity contribution >= 4 is 5.91 Å². The molecule has 0 aromatic rings. The van der Waals surface area contributed by atoms with Crippen LogP contribution < -0.4 is 5.32 Å². The van der Waals surface area contributed by atoms with Crippen molar-refractivity contribution in [2.24, 2.45) is 0 Å². The summed E-state index contributed by atoms with van der Waals surface area (Å²) in [6.45, 7) is 3.46. The van der Waals surface area contributed by atoms with Gasteiger partial charge in [0, 0.05) is 0 Å². The number of carbonyl (C=O) groups is 1. The highest BCUT2D eigenvalue weighted by Gasteiger charge is 2.44. The summed E-state index contributed by atoms with van der Waals surface area (Å²) >= 11 is 0. The van der Waals surface area contributed by atoms with Crippen LogP contribution in [-0.2, 0) is 14.3 Å². The number of unbranched alkanes of at least 4 members (excludes halogenated alkanes) is 32. The van der Waals surface area contributed by atoms with Crippen LogP contribution in [0.15, 0.2) is 36.5 Å². The Labute approximate surface area is 428 Å². The average Bonchev–Trinajstić information content (AvgIpc) is 3.36. The van der Waals surface area contributed by atoms with Crippen molar-refractivity contribution in [2.45, 2.75) is 319 Å². The quantitative estimate of drug-likeness (QED) is 0.0215. The van der Waals surface area contributed by atoms with E-state index in [-0.39, 0.29) is 12.8 Å². The molecule has 412 valence electrons. The second kappa shape index (κ2) is 48.3. The number of rotatable bonds is 50. The van der Waals surface area contributed by atoms with Gasteiger partial charge >= 0.3 is 0 Å². The fourth-order valence-electron chi connectivity index (χ4n) is 9.36. The lowest BCUT2D eigenvalue weighted by Gasteiger charge is -2.40. The van der Waals surface area contributed by atoms with E-state index in [4.69, 9.17) is 9.47 Å². The summed E-state index contributed by atoms with van der Waals surface area (Å²) in [5.74, 6) is -0.709. The summed E-state index contributed by atoms with van der Waals surface area (Å²) in [7, 11) is 0. The zero-order valence-corrected chi connectivity index (χ0v) is 45.0. The lowest BCUT2D eigenvalue weighted by molar-refractivity contribution is -0.303. The van der Waals surface area contributed by atoms with Crippen molar-refractivity contribution in [3.63, 3.8) is 0 Å². The number of ether oxygens (including phenoxy) is 2. The molecule has 1 aliphatic rings. The van der Waals surface area contributed by atoms with Gasteiger partial charge in [-0.2, -0.15) is 0 Å². The molecule has 70 heavy (non-hydrogen) atoms. The third kappa shape index (κ3) is 36.3. The van der Waals surface area contributed by atoms with E-state index in [9.17, 15) is 40.5 Å². The number of amides is 1. The average molecular weight is 995 g/mol. The van der Waals surface area contributed by atoms with Crippen LogP contribution in [0, 0.1) is 0 Å². The van der Waals surface area contributed by atoms with Crippen molar-refractivity contribution in [1.29, 1.82) is 0 Å². The molecule has 1 saturated heterocycles. The number of aliphatic hydroxyl groups is 7. The highest BCUT2D eigenvalue weighted by Crippen LogP contribution is 2.23. The predicted molar refractivity (Wildman–Crippen MR) is 289 cm³/mol. The molecule has 11 nitrogen and oxygen atoms in total. The molecule has 11 heteroatoms. The van der Waals surface area contributed by atoms with Gasteiger partial charge in [-0.3, -0.25) is 4.79 Å².